The molecule has 7 heteroatoms. The van der Waals surface area contributed by atoms with Crippen LogP contribution in [0.4, 0.5) is 5.69 Å². The summed E-state index contributed by atoms with van der Waals surface area (Å²) >= 11 is 0. The van der Waals surface area contributed by atoms with E-state index < -0.39 is 0 Å². The van der Waals surface area contributed by atoms with E-state index in [0.717, 1.165) is 5.69 Å². The Kier molecular flexibility index (Phi) is 4.27. The SMILES string of the molecule is O=C(N[C@@H]1CC(=O)N(c2ccccc2)C1)c1ccc(Cn2cccn2)o1. The van der Waals surface area contributed by atoms with Gasteiger partial charge in [0.05, 0.1) is 12.6 Å². The molecule has 0 aliphatic carbocycles. The molecule has 0 radical (unpaired) electrons. The molecule has 132 valence electrons. The van der Waals surface area contributed by atoms with E-state index >= 15 is 0 Å². The van der Waals surface area contributed by atoms with Gasteiger partial charge in [-0.3, -0.25) is 14.3 Å². The van der Waals surface area contributed by atoms with E-state index in [2.05, 4.69) is 10.4 Å². The third kappa shape index (κ3) is 3.37. The zero-order chi connectivity index (χ0) is 17.9. The van der Waals surface area contributed by atoms with Crippen LogP contribution in [0.3, 0.4) is 0 Å². The molecule has 0 spiro atoms. The predicted octanol–water partition coefficient (Wildman–Crippen LogP) is 2.06. The van der Waals surface area contributed by atoms with Crippen molar-refractivity contribution < 1.29 is 14.0 Å². The summed E-state index contributed by atoms with van der Waals surface area (Å²) in [6.45, 7) is 0.916. The van der Waals surface area contributed by atoms with Gasteiger partial charge in [0.2, 0.25) is 5.91 Å². The first-order valence-corrected chi connectivity index (χ1v) is 8.41. The Morgan fingerprint density at radius 3 is 2.81 bits per heavy atom. The van der Waals surface area contributed by atoms with Gasteiger partial charge in [-0.2, -0.15) is 5.10 Å². The number of carbonyl (C=O) groups excluding carboxylic acids is 2. The third-order valence-electron chi connectivity index (χ3n) is 4.29. The molecule has 2 aromatic heterocycles. The highest BCUT2D eigenvalue weighted by atomic mass is 16.4. The summed E-state index contributed by atoms with van der Waals surface area (Å²) in [5.41, 5.74) is 0.841. The maximum Gasteiger partial charge on any atom is 0.287 e. The smallest absolute Gasteiger partial charge is 0.287 e. The number of benzene rings is 1. The normalized spacial score (nSPS) is 16.8. The highest BCUT2D eigenvalue weighted by Gasteiger charge is 2.32. The molecule has 1 saturated heterocycles. The van der Waals surface area contributed by atoms with Crippen LogP contribution in [0.25, 0.3) is 0 Å². The first-order valence-electron chi connectivity index (χ1n) is 8.41. The molecule has 0 bridgehead atoms. The monoisotopic (exact) mass is 350 g/mol. The van der Waals surface area contributed by atoms with Crippen molar-refractivity contribution in [2.75, 3.05) is 11.4 Å². The minimum absolute atomic E-state index is 0.000293. The fraction of sp³-hybridized carbons (Fsp3) is 0.211. The minimum atomic E-state index is -0.315. The number of carbonyl (C=O) groups is 2. The summed E-state index contributed by atoms with van der Waals surface area (Å²) in [5, 5.41) is 6.99. The minimum Gasteiger partial charge on any atom is -0.454 e. The van der Waals surface area contributed by atoms with Crippen LogP contribution in [0, 0.1) is 0 Å². The Hall–Kier alpha value is -3.35. The Morgan fingerprint density at radius 2 is 2.04 bits per heavy atom. The fourth-order valence-corrected chi connectivity index (χ4v) is 3.06. The van der Waals surface area contributed by atoms with Gasteiger partial charge in [-0.1, -0.05) is 18.2 Å². The Labute approximate surface area is 150 Å². The van der Waals surface area contributed by atoms with Crippen molar-refractivity contribution >= 4 is 17.5 Å². The van der Waals surface area contributed by atoms with E-state index in [1.54, 1.807) is 27.9 Å². The number of hydrogen-bond donors (Lipinski definition) is 1. The lowest BCUT2D eigenvalue weighted by atomic mass is 10.2. The van der Waals surface area contributed by atoms with Gasteiger partial charge in [-0.25, -0.2) is 0 Å². The zero-order valence-electron chi connectivity index (χ0n) is 14.0. The molecule has 3 aromatic rings. The third-order valence-corrected chi connectivity index (χ3v) is 4.29. The van der Waals surface area contributed by atoms with Crippen molar-refractivity contribution in [3.63, 3.8) is 0 Å². The first kappa shape index (κ1) is 16.1. The number of furan rings is 1. The van der Waals surface area contributed by atoms with Crippen LogP contribution in [0.2, 0.25) is 0 Å². The number of anilines is 1. The molecule has 3 heterocycles. The van der Waals surface area contributed by atoms with Gasteiger partial charge >= 0.3 is 0 Å². The molecule has 1 atom stereocenters. The summed E-state index contributed by atoms with van der Waals surface area (Å²) in [7, 11) is 0. The number of nitrogens with one attached hydrogen (secondary N) is 1. The van der Waals surface area contributed by atoms with E-state index in [1.165, 1.54) is 0 Å². The first-order chi connectivity index (χ1) is 12.7. The van der Waals surface area contributed by atoms with Gasteiger partial charge < -0.3 is 14.6 Å². The van der Waals surface area contributed by atoms with Gasteiger partial charge in [0.25, 0.3) is 5.91 Å². The predicted molar refractivity (Wildman–Crippen MR) is 94.7 cm³/mol. The molecule has 1 fully saturated rings. The number of rotatable bonds is 5. The lowest BCUT2D eigenvalue weighted by Gasteiger charge is -2.16. The average molecular weight is 350 g/mol. The topological polar surface area (TPSA) is 80.4 Å². The second-order valence-corrected chi connectivity index (χ2v) is 6.18. The highest BCUT2D eigenvalue weighted by molar-refractivity contribution is 5.98. The lowest BCUT2D eigenvalue weighted by Crippen LogP contribution is -2.37. The van der Waals surface area contributed by atoms with Crippen LogP contribution < -0.4 is 10.2 Å². The van der Waals surface area contributed by atoms with E-state index in [-0.39, 0.29) is 30.0 Å². The summed E-state index contributed by atoms with van der Waals surface area (Å²) in [5.74, 6) is 0.565. The van der Waals surface area contributed by atoms with Crippen molar-refractivity contribution in [3.8, 4) is 0 Å². The highest BCUT2D eigenvalue weighted by Crippen LogP contribution is 2.21. The maximum absolute atomic E-state index is 12.4. The van der Waals surface area contributed by atoms with Gasteiger partial charge in [0, 0.05) is 31.0 Å². The van der Waals surface area contributed by atoms with Crippen LogP contribution in [-0.4, -0.2) is 34.2 Å². The molecule has 2 amide bonds. The van der Waals surface area contributed by atoms with Crippen LogP contribution in [-0.2, 0) is 11.3 Å². The van der Waals surface area contributed by atoms with Crippen LogP contribution in [0.1, 0.15) is 22.7 Å². The zero-order valence-corrected chi connectivity index (χ0v) is 14.0. The van der Waals surface area contributed by atoms with E-state index in [4.69, 9.17) is 4.42 Å². The van der Waals surface area contributed by atoms with Crippen LogP contribution in [0.5, 0.6) is 0 Å². The molecule has 4 rings (SSSR count). The van der Waals surface area contributed by atoms with Crippen LogP contribution in [0.15, 0.2) is 65.3 Å². The molecular formula is C19H18N4O3. The van der Waals surface area contributed by atoms with Crippen molar-refractivity contribution in [1.29, 1.82) is 0 Å². The number of amides is 2. The fourth-order valence-electron chi connectivity index (χ4n) is 3.06. The number of nitrogens with zero attached hydrogens (tertiary/aromatic N) is 3. The summed E-state index contributed by atoms with van der Waals surface area (Å²) in [6.07, 6.45) is 3.79. The Balaban J connectivity index is 1.38. The number of hydrogen-bond acceptors (Lipinski definition) is 4. The van der Waals surface area contributed by atoms with Crippen molar-refractivity contribution in [2.45, 2.75) is 19.0 Å². The lowest BCUT2D eigenvalue weighted by molar-refractivity contribution is -0.117. The molecule has 1 aliphatic rings. The second kappa shape index (κ2) is 6.87. The molecule has 26 heavy (non-hydrogen) atoms. The van der Waals surface area contributed by atoms with E-state index in [9.17, 15) is 9.59 Å². The standard InChI is InChI=1S/C19H18N4O3/c24-18-11-14(12-23(18)15-5-2-1-3-6-15)21-19(25)17-8-7-16(26-17)13-22-10-4-9-20-22/h1-10,14H,11-13H2,(H,21,25)/t14-/m1/s1. The van der Waals surface area contributed by atoms with Crippen molar-refractivity contribution in [1.82, 2.24) is 15.1 Å². The van der Waals surface area contributed by atoms with E-state index in [1.807, 2.05) is 42.6 Å². The largest absolute Gasteiger partial charge is 0.454 e. The Bertz CT molecular complexity index is 902. The summed E-state index contributed by atoms with van der Waals surface area (Å²) in [6, 6.07) is 14.4. The Morgan fingerprint density at radius 1 is 1.19 bits per heavy atom. The second-order valence-electron chi connectivity index (χ2n) is 6.18. The molecule has 0 saturated carbocycles. The van der Waals surface area contributed by atoms with Crippen LogP contribution >= 0.6 is 0 Å². The van der Waals surface area contributed by atoms with E-state index in [0.29, 0.717) is 18.8 Å². The molecule has 0 unspecified atom stereocenters. The van der Waals surface area contributed by atoms with Gasteiger partial charge in [0.15, 0.2) is 5.76 Å². The van der Waals surface area contributed by atoms with Gasteiger partial charge in [-0.05, 0) is 30.3 Å². The van der Waals surface area contributed by atoms with Crippen molar-refractivity contribution in [3.05, 3.63) is 72.4 Å². The van der Waals surface area contributed by atoms with Gasteiger partial charge in [0.1, 0.15) is 5.76 Å². The van der Waals surface area contributed by atoms with Crippen molar-refractivity contribution in [2.24, 2.45) is 0 Å². The molecule has 1 aromatic carbocycles. The molecule has 1 aliphatic heterocycles. The summed E-state index contributed by atoms with van der Waals surface area (Å²) < 4.78 is 7.31. The molecular weight excluding hydrogens is 332 g/mol. The summed E-state index contributed by atoms with van der Waals surface area (Å²) in [4.78, 5) is 26.3. The number of aromatic nitrogens is 2. The maximum atomic E-state index is 12.4. The average Bonchev–Trinajstić information content (AvgIpc) is 3.38. The quantitative estimate of drug-likeness (QED) is 0.764. The number of para-hydroxylation sites is 1. The molecule has 7 nitrogen and oxygen atoms in total. The van der Waals surface area contributed by atoms with Gasteiger partial charge in [-0.15, -0.1) is 0 Å². The molecule has 1 N–H and O–H groups in total.